The SMILES string of the molecule is N#Cc1ccc2c(n1)NC1(CCCCC1)N2. The Morgan fingerprint density at radius 1 is 1.19 bits per heavy atom. The van der Waals surface area contributed by atoms with Crippen molar-refractivity contribution in [2.75, 3.05) is 10.6 Å². The van der Waals surface area contributed by atoms with Crippen molar-refractivity contribution in [1.29, 1.82) is 5.26 Å². The summed E-state index contributed by atoms with van der Waals surface area (Å²) in [6.07, 6.45) is 6.08. The summed E-state index contributed by atoms with van der Waals surface area (Å²) in [5.41, 5.74) is 1.50. The summed E-state index contributed by atoms with van der Waals surface area (Å²) in [7, 11) is 0. The number of nitriles is 1. The summed E-state index contributed by atoms with van der Waals surface area (Å²) in [6, 6.07) is 5.77. The first-order valence-corrected chi connectivity index (χ1v) is 5.79. The van der Waals surface area contributed by atoms with Gasteiger partial charge in [0.15, 0.2) is 5.82 Å². The molecule has 1 saturated carbocycles. The molecule has 1 spiro atoms. The highest BCUT2D eigenvalue weighted by molar-refractivity contribution is 5.73. The molecule has 0 aromatic carbocycles. The van der Waals surface area contributed by atoms with Crippen LogP contribution < -0.4 is 10.6 Å². The van der Waals surface area contributed by atoms with E-state index < -0.39 is 0 Å². The molecule has 82 valence electrons. The van der Waals surface area contributed by atoms with Gasteiger partial charge >= 0.3 is 0 Å². The molecule has 4 heteroatoms. The molecule has 1 aliphatic carbocycles. The van der Waals surface area contributed by atoms with Crippen LogP contribution in [0.1, 0.15) is 37.8 Å². The van der Waals surface area contributed by atoms with Crippen molar-refractivity contribution in [1.82, 2.24) is 4.98 Å². The summed E-state index contributed by atoms with van der Waals surface area (Å²) in [5.74, 6) is 0.834. The maximum Gasteiger partial charge on any atom is 0.152 e. The number of hydrogen-bond donors (Lipinski definition) is 2. The second kappa shape index (κ2) is 3.38. The molecule has 4 nitrogen and oxygen atoms in total. The standard InChI is InChI=1S/C12H14N4/c13-8-9-4-5-10-11(14-9)16-12(15-10)6-2-1-3-7-12/h4-5,15H,1-3,6-7H2,(H,14,16). The second-order valence-electron chi connectivity index (χ2n) is 4.60. The number of nitrogens with zero attached hydrogens (tertiary/aromatic N) is 2. The van der Waals surface area contributed by atoms with Crippen LogP contribution in [-0.2, 0) is 0 Å². The molecule has 0 unspecified atom stereocenters. The lowest BCUT2D eigenvalue weighted by atomic mass is 9.90. The molecule has 0 atom stereocenters. The highest BCUT2D eigenvalue weighted by Crippen LogP contribution is 2.40. The first kappa shape index (κ1) is 9.46. The third-order valence-electron chi connectivity index (χ3n) is 3.45. The molecular formula is C12H14N4. The molecule has 1 aromatic rings. The molecule has 0 radical (unpaired) electrons. The number of fused-ring (bicyclic) bond motifs is 1. The Balaban J connectivity index is 1.91. The van der Waals surface area contributed by atoms with Gasteiger partial charge in [0, 0.05) is 0 Å². The molecule has 16 heavy (non-hydrogen) atoms. The number of pyridine rings is 1. The first-order valence-electron chi connectivity index (χ1n) is 5.79. The Labute approximate surface area is 94.7 Å². The van der Waals surface area contributed by atoms with Crippen molar-refractivity contribution < 1.29 is 0 Å². The van der Waals surface area contributed by atoms with E-state index in [4.69, 9.17) is 5.26 Å². The summed E-state index contributed by atoms with van der Waals surface area (Å²) in [5, 5.41) is 15.8. The topological polar surface area (TPSA) is 60.7 Å². The second-order valence-corrected chi connectivity index (χ2v) is 4.60. The Kier molecular flexibility index (Phi) is 2.00. The van der Waals surface area contributed by atoms with Gasteiger partial charge < -0.3 is 10.6 Å². The summed E-state index contributed by atoms with van der Waals surface area (Å²) in [6.45, 7) is 0. The zero-order valence-corrected chi connectivity index (χ0v) is 9.08. The molecule has 0 amide bonds. The summed E-state index contributed by atoms with van der Waals surface area (Å²) in [4.78, 5) is 4.29. The van der Waals surface area contributed by atoms with Crippen LogP contribution in [-0.4, -0.2) is 10.6 Å². The van der Waals surface area contributed by atoms with Crippen LogP contribution in [0.5, 0.6) is 0 Å². The molecular weight excluding hydrogens is 200 g/mol. The fourth-order valence-electron chi connectivity index (χ4n) is 2.64. The van der Waals surface area contributed by atoms with Crippen molar-refractivity contribution in [2.45, 2.75) is 37.8 Å². The van der Waals surface area contributed by atoms with Crippen LogP contribution >= 0.6 is 0 Å². The highest BCUT2D eigenvalue weighted by Gasteiger charge is 2.37. The quantitative estimate of drug-likeness (QED) is 0.696. The highest BCUT2D eigenvalue weighted by atomic mass is 15.3. The Bertz CT molecular complexity index is 455. The van der Waals surface area contributed by atoms with E-state index in [1.165, 1.54) is 19.3 Å². The van der Waals surface area contributed by atoms with Crippen LogP contribution in [0.2, 0.25) is 0 Å². The molecule has 3 rings (SSSR count). The number of aromatic nitrogens is 1. The first-order chi connectivity index (χ1) is 7.81. The van der Waals surface area contributed by atoms with Crippen LogP contribution in [0.4, 0.5) is 11.5 Å². The van der Waals surface area contributed by atoms with Crippen molar-refractivity contribution in [3.05, 3.63) is 17.8 Å². The zero-order valence-electron chi connectivity index (χ0n) is 9.08. The van der Waals surface area contributed by atoms with Crippen LogP contribution in [0, 0.1) is 11.3 Å². The van der Waals surface area contributed by atoms with Crippen molar-refractivity contribution in [3.8, 4) is 6.07 Å². The molecule has 0 bridgehead atoms. The summed E-state index contributed by atoms with van der Waals surface area (Å²) < 4.78 is 0. The minimum atomic E-state index is 0.00165. The maximum atomic E-state index is 8.81. The number of anilines is 2. The average Bonchev–Trinajstić information content (AvgIpc) is 2.66. The van der Waals surface area contributed by atoms with E-state index in [1.807, 2.05) is 6.07 Å². The third kappa shape index (κ3) is 1.40. The lowest BCUT2D eigenvalue weighted by molar-refractivity contribution is 0.366. The number of hydrogen-bond acceptors (Lipinski definition) is 4. The van der Waals surface area contributed by atoms with Crippen LogP contribution in [0.25, 0.3) is 0 Å². The Morgan fingerprint density at radius 3 is 2.75 bits per heavy atom. The lowest BCUT2D eigenvalue weighted by Crippen LogP contribution is -2.43. The Morgan fingerprint density at radius 2 is 2.00 bits per heavy atom. The van der Waals surface area contributed by atoms with E-state index in [-0.39, 0.29) is 5.66 Å². The van der Waals surface area contributed by atoms with Gasteiger partial charge in [-0.05, 0) is 37.8 Å². The molecule has 1 aromatic heterocycles. The van der Waals surface area contributed by atoms with Gasteiger partial charge in [-0.3, -0.25) is 0 Å². The van der Waals surface area contributed by atoms with E-state index in [0.717, 1.165) is 24.3 Å². The predicted molar refractivity (Wildman–Crippen MR) is 62.0 cm³/mol. The number of rotatable bonds is 0. The fourth-order valence-corrected chi connectivity index (χ4v) is 2.64. The lowest BCUT2D eigenvalue weighted by Gasteiger charge is -2.34. The zero-order chi connectivity index (χ0) is 11.0. The molecule has 2 heterocycles. The van der Waals surface area contributed by atoms with Gasteiger partial charge in [-0.2, -0.15) is 5.26 Å². The minimum Gasteiger partial charge on any atom is -0.360 e. The summed E-state index contributed by atoms with van der Waals surface area (Å²) >= 11 is 0. The van der Waals surface area contributed by atoms with E-state index in [2.05, 4.69) is 21.7 Å². The van der Waals surface area contributed by atoms with Crippen LogP contribution in [0.15, 0.2) is 12.1 Å². The van der Waals surface area contributed by atoms with Crippen LogP contribution in [0.3, 0.4) is 0 Å². The predicted octanol–water partition coefficient (Wildman–Crippen LogP) is 2.45. The van der Waals surface area contributed by atoms with Gasteiger partial charge in [0.1, 0.15) is 17.4 Å². The van der Waals surface area contributed by atoms with Gasteiger partial charge in [-0.15, -0.1) is 0 Å². The van der Waals surface area contributed by atoms with Gasteiger partial charge in [0.05, 0.1) is 5.69 Å². The van der Waals surface area contributed by atoms with Crippen molar-refractivity contribution >= 4 is 11.5 Å². The minimum absolute atomic E-state index is 0.00165. The van der Waals surface area contributed by atoms with E-state index >= 15 is 0 Å². The fraction of sp³-hybridized carbons (Fsp3) is 0.500. The Hall–Kier alpha value is -1.76. The maximum absolute atomic E-state index is 8.81. The molecule has 2 aliphatic rings. The smallest absolute Gasteiger partial charge is 0.152 e. The molecule has 1 aliphatic heterocycles. The number of nitrogens with one attached hydrogen (secondary N) is 2. The van der Waals surface area contributed by atoms with E-state index in [0.29, 0.717) is 5.69 Å². The molecule has 0 saturated heterocycles. The van der Waals surface area contributed by atoms with Gasteiger partial charge in [0.25, 0.3) is 0 Å². The third-order valence-corrected chi connectivity index (χ3v) is 3.45. The van der Waals surface area contributed by atoms with Gasteiger partial charge in [-0.25, -0.2) is 4.98 Å². The largest absolute Gasteiger partial charge is 0.360 e. The molecule has 1 fully saturated rings. The normalized spacial score (nSPS) is 20.7. The average molecular weight is 214 g/mol. The van der Waals surface area contributed by atoms with Crippen molar-refractivity contribution in [2.24, 2.45) is 0 Å². The van der Waals surface area contributed by atoms with Gasteiger partial charge in [-0.1, -0.05) is 6.42 Å². The molecule has 2 N–H and O–H groups in total. The van der Waals surface area contributed by atoms with E-state index in [9.17, 15) is 0 Å². The monoisotopic (exact) mass is 214 g/mol. The van der Waals surface area contributed by atoms with Crippen molar-refractivity contribution in [3.63, 3.8) is 0 Å². The van der Waals surface area contributed by atoms with Gasteiger partial charge in [0.2, 0.25) is 0 Å². The van der Waals surface area contributed by atoms with E-state index in [1.54, 1.807) is 6.07 Å².